The number of ether oxygens (including phenoxy) is 2. The zero-order valence-corrected chi connectivity index (χ0v) is 14.9. The second-order valence-electron chi connectivity index (χ2n) is 6.65. The standard InChI is InChI=1S/C17H22N6O3/c1-21-7-12(6-20-21)17(24)22-3-4-26-14-10-23(9-13(14)8-22)15-5-16(25-2)19-11-18-15/h5-7,11,13-14H,3-4,8-10H2,1-2H3/t13-,14+/m0/s1. The number of aryl methyl sites for hydroxylation is 1. The van der Waals surface area contributed by atoms with Gasteiger partial charge in [0, 0.05) is 51.4 Å². The zero-order valence-electron chi connectivity index (χ0n) is 14.9. The van der Waals surface area contributed by atoms with Gasteiger partial charge < -0.3 is 19.3 Å². The predicted octanol–water partition coefficient (Wildman–Crippen LogP) is 0.196. The monoisotopic (exact) mass is 358 g/mol. The number of methoxy groups -OCH3 is 1. The third-order valence-electron chi connectivity index (χ3n) is 4.93. The highest BCUT2D eigenvalue weighted by molar-refractivity contribution is 5.93. The minimum Gasteiger partial charge on any atom is -0.481 e. The summed E-state index contributed by atoms with van der Waals surface area (Å²) in [6.45, 7) is 3.33. The van der Waals surface area contributed by atoms with E-state index in [0.717, 1.165) is 18.9 Å². The summed E-state index contributed by atoms with van der Waals surface area (Å²) in [7, 11) is 3.40. The van der Waals surface area contributed by atoms with Crippen LogP contribution in [0.5, 0.6) is 5.88 Å². The van der Waals surface area contributed by atoms with E-state index in [1.807, 2.05) is 18.0 Å². The number of hydrogen-bond acceptors (Lipinski definition) is 7. The Morgan fingerprint density at radius 1 is 1.31 bits per heavy atom. The molecule has 2 aromatic heterocycles. The van der Waals surface area contributed by atoms with Gasteiger partial charge in [-0.25, -0.2) is 9.97 Å². The minimum absolute atomic E-state index is 0.00417. The maximum absolute atomic E-state index is 12.8. The average Bonchev–Trinajstić information content (AvgIpc) is 3.22. The molecule has 9 nitrogen and oxygen atoms in total. The van der Waals surface area contributed by atoms with Gasteiger partial charge in [-0.1, -0.05) is 0 Å². The van der Waals surface area contributed by atoms with Crippen molar-refractivity contribution >= 4 is 11.7 Å². The van der Waals surface area contributed by atoms with Crippen LogP contribution in [0.25, 0.3) is 0 Å². The lowest BCUT2D eigenvalue weighted by molar-refractivity contribution is 0.0569. The first kappa shape index (κ1) is 16.8. The van der Waals surface area contributed by atoms with Crippen LogP contribution in [0.4, 0.5) is 5.82 Å². The largest absolute Gasteiger partial charge is 0.481 e. The molecule has 1 amide bonds. The van der Waals surface area contributed by atoms with E-state index in [0.29, 0.717) is 31.1 Å². The van der Waals surface area contributed by atoms with E-state index in [1.165, 1.54) is 6.33 Å². The highest BCUT2D eigenvalue weighted by atomic mass is 16.5. The molecule has 0 saturated carbocycles. The molecule has 4 rings (SSSR count). The van der Waals surface area contributed by atoms with Crippen LogP contribution < -0.4 is 9.64 Å². The Morgan fingerprint density at radius 2 is 2.19 bits per heavy atom. The Morgan fingerprint density at radius 3 is 2.96 bits per heavy atom. The number of carbonyl (C=O) groups is 1. The van der Waals surface area contributed by atoms with E-state index < -0.39 is 0 Å². The molecule has 2 aliphatic rings. The fraction of sp³-hybridized carbons (Fsp3) is 0.529. The lowest BCUT2D eigenvalue weighted by Gasteiger charge is -2.23. The van der Waals surface area contributed by atoms with Gasteiger partial charge in [-0.2, -0.15) is 5.10 Å². The summed E-state index contributed by atoms with van der Waals surface area (Å²) in [5.74, 6) is 1.60. The van der Waals surface area contributed by atoms with Crippen molar-refractivity contribution in [2.45, 2.75) is 6.10 Å². The van der Waals surface area contributed by atoms with E-state index in [1.54, 1.807) is 24.2 Å². The zero-order chi connectivity index (χ0) is 18.1. The van der Waals surface area contributed by atoms with Crippen LogP contribution in [0.1, 0.15) is 10.4 Å². The molecule has 0 N–H and O–H groups in total. The number of anilines is 1. The summed E-state index contributed by atoms with van der Waals surface area (Å²) in [6.07, 6.45) is 4.95. The molecule has 4 heterocycles. The highest BCUT2D eigenvalue weighted by Crippen LogP contribution is 2.28. The maximum Gasteiger partial charge on any atom is 0.257 e. The van der Waals surface area contributed by atoms with Crippen molar-refractivity contribution in [1.82, 2.24) is 24.6 Å². The van der Waals surface area contributed by atoms with Crippen LogP contribution in [0.2, 0.25) is 0 Å². The molecule has 2 saturated heterocycles. The molecule has 0 aliphatic carbocycles. The Kier molecular flexibility index (Phi) is 4.46. The summed E-state index contributed by atoms with van der Waals surface area (Å²) < 4.78 is 12.9. The van der Waals surface area contributed by atoms with Crippen molar-refractivity contribution in [3.05, 3.63) is 30.4 Å². The van der Waals surface area contributed by atoms with E-state index >= 15 is 0 Å². The normalized spacial score (nSPS) is 22.8. The first-order chi connectivity index (χ1) is 12.6. The van der Waals surface area contributed by atoms with E-state index in [4.69, 9.17) is 9.47 Å². The summed E-state index contributed by atoms with van der Waals surface area (Å²) in [6, 6.07) is 1.82. The Labute approximate surface area is 151 Å². The molecule has 2 aliphatic heterocycles. The van der Waals surface area contributed by atoms with E-state index in [-0.39, 0.29) is 17.9 Å². The molecular formula is C17H22N6O3. The van der Waals surface area contributed by atoms with Crippen molar-refractivity contribution in [2.24, 2.45) is 13.0 Å². The van der Waals surface area contributed by atoms with Crippen LogP contribution in [-0.2, 0) is 11.8 Å². The van der Waals surface area contributed by atoms with Gasteiger partial charge in [0.05, 0.1) is 31.6 Å². The van der Waals surface area contributed by atoms with Crippen LogP contribution in [-0.4, -0.2) is 76.6 Å². The van der Waals surface area contributed by atoms with Gasteiger partial charge >= 0.3 is 0 Å². The number of rotatable bonds is 3. The lowest BCUT2D eigenvalue weighted by Crippen LogP contribution is -2.37. The van der Waals surface area contributed by atoms with Gasteiger partial charge in [0.25, 0.3) is 5.91 Å². The van der Waals surface area contributed by atoms with E-state index in [2.05, 4.69) is 20.0 Å². The van der Waals surface area contributed by atoms with Gasteiger partial charge in [0.1, 0.15) is 12.1 Å². The molecule has 0 radical (unpaired) electrons. The second kappa shape index (κ2) is 6.91. The Hall–Kier alpha value is -2.68. The quantitative estimate of drug-likeness (QED) is 0.774. The van der Waals surface area contributed by atoms with Crippen molar-refractivity contribution in [3.63, 3.8) is 0 Å². The topological polar surface area (TPSA) is 85.6 Å². The number of amides is 1. The van der Waals surface area contributed by atoms with Crippen molar-refractivity contribution in [1.29, 1.82) is 0 Å². The minimum atomic E-state index is 0.00417. The molecule has 26 heavy (non-hydrogen) atoms. The van der Waals surface area contributed by atoms with Crippen LogP contribution in [0, 0.1) is 5.92 Å². The first-order valence-corrected chi connectivity index (χ1v) is 8.64. The molecule has 0 unspecified atom stereocenters. The first-order valence-electron chi connectivity index (χ1n) is 8.64. The molecule has 0 spiro atoms. The Bertz CT molecular complexity index is 794. The SMILES string of the molecule is COc1cc(N2C[C@@H]3CN(C(=O)c4cnn(C)c4)CCO[C@@H]3C2)ncn1. The molecule has 0 bridgehead atoms. The molecule has 9 heteroatoms. The molecular weight excluding hydrogens is 336 g/mol. The lowest BCUT2D eigenvalue weighted by atomic mass is 10.1. The summed E-state index contributed by atoms with van der Waals surface area (Å²) in [5.41, 5.74) is 0.612. The maximum atomic E-state index is 12.8. The average molecular weight is 358 g/mol. The fourth-order valence-corrected chi connectivity index (χ4v) is 3.59. The molecule has 138 valence electrons. The molecule has 2 fully saturated rings. The van der Waals surface area contributed by atoms with Crippen molar-refractivity contribution < 1.29 is 14.3 Å². The summed E-state index contributed by atoms with van der Waals surface area (Å²) in [4.78, 5) is 25.2. The van der Waals surface area contributed by atoms with Gasteiger partial charge in [0.2, 0.25) is 5.88 Å². The van der Waals surface area contributed by atoms with Gasteiger partial charge in [-0.05, 0) is 0 Å². The number of hydrogen-bond donors (Lipinski definition) is 0. The Balaban J connectivity index is 1.47. The van der Waals surface area contributed by atoms with Gasteiger partial charge in [-0.15, -0.1) is 0 Å². The number of aromatic nitrogens is 4. The third-order valence-corrected chi connectivity index (χ3v) is 4.93. The predicted molar refractivity (Wildman–Crippen MR) is 93.1 cm³/mol. The van der Waals surface area contributed by atoms with E-state index in [9.17, 15) is 4.79 Å². The number of nitrogens with zero attached hydrogens (tertiary/aromatic N) is 6. The summed E-state index contributed by atoms with van der Waals surface area (Å²) >= 11 is 0. The highest BCUT2D eigenvalue weighted by Gasteiger charge is 2.38. The smallest absolute Gasteiger partial charge is 0.257 e. The molecule has 2 atom stereocenters. The third kappa shape index (κ3) is 3.22. The van der Waals surface area contributed by atoms with Crippen LogP contribution >= 0.6 is 0 Å². The van der Waals surface area contributed by atoms with Crippen LogP contribution in [0.3, 0.4) is 0 Å². The van der Waals surface area contributed by atoms with Gasteiger partial charge in [-0.3, -0.25) is 9.48 Å². The van der Waals surface area contributed by atoms with Crippen LogP contribution in [0.15, 0.2) is 24.8 Å². The molecule has 2 aromatic rings. The summed E-state index contributed by atoms with van der Waals surface area (Å²) in [5, 5.41) is 4.09. The number of carbonyl (C=O) groups excluding carboxylic acids is 1. The molecule has 0 aromatic carbocycles. The number of fused-ring (bicyclic) bond motifs is 1. The fourth-order valence-electron chi connectivity index (χ4n) is 3.59. The second-order valence-corrected chi connectivity index (χ2v) is 6.65. The van der Waals surface area contributed by atoms with Gasteiger partial charge in [0.15, 0.2) is 0 Å². The van der Waals surface area contributed by atoms with Crippen molar-refractivity contribution in [2.75, 3.05) is 44.8 Å². The van der Waals surface area contributed by atoms with Crippen molar-refractivity contribution in [3.8, 4) is 5.88 Å².